The molecule has 142 valence electrons. The van der Waals surface area contributed by atoms with Gasteiger partial charge < -0.3 is 15.3 Å². The van der Waals surface area contributed by atoms with E-state index in [4.69, 9.17) is 0 Å². The van der Waals surface area contributed by atoms with Crippen LogP contribution in [-0.4, -0.2) is 46.9 Å². The Morgan fingerprint density at radius 1 is 1.15 bits per heavy atom. The number of aliphatic carboxylic acids is 1. The Bertz CT molecular complexity index is 832. The van der Waals surface area contributed by atoms with E-state index in [1.807, 2.05) is 0 Å². The second-order valence-electron chi connectivity index (χ2n) is 7.77. The van der Waals surface area contributed by atoms with Crippen LogP contribution in [0.3, 0.4) is 0 Å². The van der Waals surface area contributed by atoms with Gasteiger partial charge in [0.25, 0.3) is 11.8 Å². The van der Waals surface area contributed by atoms with Crippen LogP contribution in [0.15, 0.2) is 24.3 Å². The van der Waals surface area contributed by atoms with Crippen molar-refractivity contribution in [2.75, 3.05) is 13.1 Å². The summed E-state index contributed by atoms with van der Waals surface area (Å²) in [4.78, 5) is 49.4. The monoisotopic (exact) mass is 371 g/mol. The van der Waals surface area contributed by atoms with E-state index in [0.29, 0.717) is 23.6 Å². The first-order chi connectivity index (χ1) is 12.8. The summed E-state index contributed by atoms with van der Waals surface area (Å²) in [6, 6.07) is 5.95. The fourth-order valence-electron chi connectivity index (χ4n) is 4.13. The van der Waals surface area contributed by atoms with E-state index in [0.717, 1.165) is 12.8 Å². The number of imide groups is 1. The Morgan fingerprint density at radius 3 is 2.33 bits per heavy atom. The fraction of sp³-hybridized carbons (Fsp3) is 0.474. The molecule has 8 nitrogen and oxygen atoms in total. The zero-order valence-electron chi connectivity index (χ0n) is 14.9. The molecule has 4 rings (SSSR count). The minimum absolute atomic E-state index is 0.0297. The van der Waals surface area contributed by atoms with Gasteiger partial charge >= 0.3 is 12.0 Å². The van der Waals surface area contributed by atoms with Crippen molar-refractivity contribution in [2.24, 2.45) is 17.8 Å². The van der Waals surface area contributed by atoms with E-state index in [1.165, 1.54) is 0 Å². The number of rotatable bonds is 4. The highest BCUT2D eigenvalue weighted by atomic mass is 16.4. The molecule has 27 heavy (non-hydrogen) atoms. The van der Waals surface area contributed by atoms with Gasteiger partial charge in [-0.1, -0.05) is 12.1 Å². The highest BCUT2D eigenvalue weighted by Crippen LogP contribution is 2.44. The molecule has 2 aliphatic heterocycles. The molecule has 4 amide bonds. The zero-order valence-corrected chi connectivity index (χ0v) is 14.9. The molecule has 0 aromatic heterocycles. The number of urea groups is 1. The average molecular weight is 371 g/mol. The molecule has 1 aromatic carbocycles. The summed E-state index contributed by atoms with van der Waals surface area (Å²) in [5.41, 5.74) is -0.159. The molecule has 0 bridgehead atoms. The van der Waals surface area contributed by atoms with Crippen LogP contribution in [0.5, 0.6) is 0 Å². The van der Waals surface area contributed by atoms with Gasteiger partial charge in [-0.25, -0.2) is 4.79 Å². The minimum atomic E-state index is -1.17. The van der Waals surface area contributed by atoms with Crippen molar-refractivity contribution >= 4 is 23.8 Å². The topological polar surface area (TPSA) is 116 Å². The normalized spacial score (nSPS) is 30.2. The summed E-state index contributed by atoms with van der Waals surface area (Å²) in [5, 5.41) is 14.2. The van der Waals surface area contributed by atoms with E-state index in [9.17, 15) is 24.3 Å². The number of amides is 4. The van der Waals surface area contributed by atoms with Crippen molar-refractivity contribution in [3.63, 3.8) is 0 Å². The van der Waals surface area contributed by atoms with Gasteiger partial charge in [0.15, 0.2) is 0 Å². The van der Waals surface area contributed by atoms with Gasteiger partial charge in [-0.05, 0) is 49.3 Å². The lowest BCUT2D eigenvalue weighted by Gasteiger charge is -2.22. The summed E-state index contributed by atoms with van der Waals surface area (Å²) in [7, 11) is 0. The predicted octanol–water partition coefficient (Wildman–Crippen LogP) is 0.924. The van der Waals surface area contributed by atoms with Gasteiger partial charge in [0.2, 0.25) is 0 Å². The molecule has 0 radical (unpaired) electrons. The molecule has 2 heterocycles. The Hall–Kier alpha value is -2.90. The second-order valence-corrected chi connectivity index (χ2v) is 7.77. The molecule has 3 aliphatic rings. The number of carboxylic acid groups (broad SMARTS) is 1. The number of nitrogens with zero attached hydrogens (tertiary/aromatic N) is 1. The summed E-state index contributed by atoms with van der Waals surface area (Å²) < 4.78 is 0. The predicted molar refractivity (Wildman–Crippen MR) is 93.7 cm³/mol. The smallest absolute Gasteiger partial charge is 0.322 e. The number of likely N-dealkylation sites (tertiary alicyclic amines) is 1. The lowest BCUT2D eigenvalue weighted by Crippen LogP contribution is -2.40. The maximum absolute atomic E-state index is 12.8. The van der Waals surface area contributed by atoms with Crippen LogP contribution in [0.4, 0.5) is 4.79 Å². The Balaban J connectivity index is 1.51. The summed E-state index contributed by atoms with van der Waals surface area (Å²) >= 11 is 0. The molecular weight excluding hydrogens is 350 g/mol. The molecule has 0 spiro atoms. The lowest BCUT2D eigenvalue weighted by atomic mass is 9.91. The first kappa shape index (κ1) is 17.5. The van der Waals surface area contributed by atoms with Crippen molar-refractivity contribution in [3.8, 4) is 0 Å². The molecule has 1 aliphatic carbocycles. The molecule has 3 N–H and O–H groups in total. The third-order valence-electron chi connectivity index (χ3n) is 5.95. The van der Waals surface area contributed by atoms with E-state index >= 15 is 0 Å². The van der Waals surface area contributed by atoms with E-state index < -0.39 is 29.4 Å². The Labute approximate surface area is 155 Å². The Morgan fingerprint density at radius 2 is 1.81 bits per heavy atom. The van der Waals surface area contributed by atoms with Gasteiger partial charge in [-0.2, -0.15) is 0 Å². The summed E-state index contributed by atoms with van der Waals surface area (Å²) in [5.74, 6) is -1.55. The van der Waals surface area contributed by atoms with Crippen LogP contribution < -0.4 is 10.6 Å². The van der Waals surface area contributed by atoms with Gasteiger partial charge in [0.1, 0.15) is 5.54 Å². The first-order valence-corrected chi connectivity index (χ1v) is 9.06. The van der Waals surface area contributed by atoms with Crippen LogP contribution in [0.2, 0.25) is 0 Å². The molecule has 1 aromatic rings. The molecular formula is C19H21N3O5. The van der Waals surface area contributed by atoms with E-state index in [-0.39, 0.29) is 18.4 Å². The number of nitrogens with one attached hydrogen (secondary N) is 2. The zero-order chi connectivity index (χ0) is 19.3. The summed E-state index contributed by atoms with van der Waals surface area (Å²) in [6.45, 7) is 2.30. The minimum Gasteiger partial charge on any atom is -0.481 e. The van der Waals surface area contributed by atoms with Crippen molar-refractivity contribution in [1.82, 2.24) is 15.5 Å². The highest BCUT2D eigenvalue weighted by Gasteiger charge is 2.47. The Kier molecular flexibility index (Phi) is 3.94. The number of hydrogen-bond acceptors (Lipinski definition) is 4. The SMILES string of the molecule is CC1(c2ccc(C(=O)N3C[C@H](C(=O)O)[C@@H](C4CC4)C3)cc2)NC(=O)NC1=O. The standard InChI is InChI=1S/C19H21N3O5/c1-19(17(26)20-18(27)21-19)12-6-4-11(5-7-12)15(23)22-8-13(10-2-3-10)14(9-22)16(24)25/h4-7,10,13-14H,2-3,8-9H2,1H3,(H,24,25)(H2,20,21,26,27)/t13-,14+,19?/m1/s1. The largest absolute Gasteiger partial charge is 0.481 e. The van der Waals surface area contributed by atoms with Crippen molar-refractivity contribution in [1.29, 1.82) is 0 Å². The quantitative estimate of drug-likeness (QED) is 0.681. The third kappa shape index (κ3) is 2.94. The molecule has 8 heteroatoms. The number of hydrogen-bond donors (Lipinski definition) is 3. The first-order valence-electron chi connectivity index (χ1n) is 9.06. The van der Waals surface area contributed by atoms with E-state index in [2.05, 4.69) is 10.6 Å². The maximum atomic E-state index is 12.8. The molecule has 2 saturated heterocycles. The van der Waals surface area contributed by atoms with Crippen LogP contribution >= 0.6 is 0 Å². The van der Waals surface area contributed by atoms with Gasteiger partial charge in [0, 0.05) is 18.7 Å². The molecule has 3 atom stereocenters. The van der Waals surface area contributed by atoms with Crippen molar-refractivity contribution in [3.05, 3.63) is 35.4 Å². The van der Waals surface area contributed by atoms with Crippen molar-refractivity contribution < 1.29 is 24.3 Å². The number of carbonyl (C=O) groups excluding carboxylic acids is 3. The van der Waals surface area contributed by atoms with Crippen LogP contribution in [0.1, 0.15) is 35.7 Å². The average Bonchev–Trinajstić information content (AvgIpc) is 3.32. The van der Waals surface area contributed by atoms with Crippen LogP contribution in [0, 0.1) is 17.8 Å². The van der Waals surface area contributed by atoms with Gasteiger partial charge in [0.05, 0.1) is 5.92 Å². The second kappa shape index (κ2) is 6.07. The van der Waals surface area contributed by atoms with Crippen LogP contribution in [-0.2, 0) is 15.1 Å². The number of benzene rings is 1. The number of carbonyl (C=O) groups is 4. The molecule has 3 fully saturated rings. The fourth-order valence-corrected chi connectivity index (χ4v) is 4.13. The molecule has 1 unspecified atom stereocenters. The van der Waals surface area contributed by atoms with E-state index in [1.54, 1.807) is 36.1 Å². The maximum Gasteiger partial charge on any atom is 0.322 e. The third-order valence-corrected chi connectivity index (χ3v) is 5.95. The number of carboxylic acids is 1. The highest BCUT2D eigenvalue weighted by molar-refractivity contribution is 6.07. The van der Waals surface area contributed by atoms with Gasteiger partial charge in [-0.15, -0.1) is 0 Å². The van der Waals surface area contributed by atoms with Crippen LogP contribution in [0.25, 0.3) is 0 Å². The summed E-state index contributed by atoms with van der Waals surface area (Å²) in [6.07, 6.45) is 2.08. The molecule has 1 saturated carbocycles. The van der Waals surface area contributed by atoms with Gasteiger partial charge in [-0.3, -0.25) is 19.7 Å². The van der Waals surface area contributed by atoms with Crippen molar-refractivity contribution in [2.45, 2.75) is 25.3 Å². The lowest BCUT2D eigenvalue weighted by molar-refractivity contribution is -0.142.